The van der Waals surface area contributed by atoms with Gasteiger partial charge < -0.3 is 0 Å². The molecular weight excluding hydrogens is 423 g/mol. The summed E-state index contributed by atoms with van der Waals surface area (Å²) in [5.74, 6) is 0. The average Bonchev–Trinajstić information content (AvgIpc) is 2.83. The first-order valence-electron chi connectivity index (χ1n) is 13.6. The standard InChI is InChI=1S/C30H48O2P/c1-3-5-7-9-11-13-15-17-27-19-23-29(24-20-27)33(31,32)30-25-21-28(22-26-30)18-16-14-12-10-8-6-4-2/h19-26,31-32H,3-18H2,1-2H3/q+1. The van der Waals surface area contributed by atoms with Gasteiger partial charge in [0.15, 0.2) is 10.6 Å². The molecule has 0 bridgehead atoms. The molecule has 0 saturated heterocycles. The van der Waals surface area contributed by atoms with Crippen molar-refractivity contribution in [2.24, 2.45) is 0 Å². The van der Waals surface area contributed by atoms with E-state index < -0.39 is 7.72 Å². The van der Waals surface area contributed by atoms with E-state index in [1.165, 1.54) is 101 Å². The summed E-state index contributed by atoms with van der Waals surface area (Å²) < 4.78 is 0. The maximum atomic E-state index is 10.9. The minimum atomic E-state index is -3.28. The zero-order chi connectivity index (χ0) is 23.8. The predicted molar refractivity (Wildman–Crippen MR) is 147 cm³/mol. The van der Waals surface area contributed by atoms with Gasteiger partial charge in [0.1, 0.15) is 0 Å². The van der Waals surface area contributed by atoms with Crippen LogP contribution < -0.4 is 10.6 Å². The van der Waals surface area contributed by atoms with Gasteiger partial charge in [-0.3, -0.25) is 0 Å². The number of rotatable bonds is 18. The lowest BCUT2D eigenvalue weighted by molar-refractivity contribution is 0.479. The van der Waals surface area contributed by atoms with E-state index in [0.29, 0.717) is 10.6 Å². The lowest BCUT2D eigenvalue weighted by Crippen LogP contribution is -2.21. The fourth-order valence-electron chi connectivity index (χ4n) is 4.46. The largest absolute Gasteiger partial charge is 0.333 e. The van der Waals surface area contributed by atoms with Crippen LogP contribution in [0.2, 0.25) is 0 Å². The number of benzene rings is 2. The molecule has 184 valence electrons. The quantitative estimate of drug-likeness (QED) is 0.170. The first-order chi connectivity index (χ1) is 16.1. The molecule has 0 saturated carbocycles. The lowest BCUT2D eigenvalue weighted by atomic mass is 10.0. The number of unbranched alkanes of at least 4 members (excludes halogenated alkanes) is 12. The van der Waals surface area contributed by atoms with Crippen LogP contribution in [0.15, 0.2) is 48.5 Å². The molecule has 2 aromatic rings. The van der Waals surface area contributed by atoms with Gasteiger partial charge in [-0.25, -0.2) is 9.79 Å². The normalized spacial score (nSPS) is 11.8. The molecule has 2 rings (SSSR count). The van der Waals surface area contributed by atoms with Crippen molar-refractivity contribution in [2.75, 3.05) is 0 Å². The minimum absolute atomic E-state index is 0.644. The van der Waals surface area contributed by atoms with Crippen molar-refractivity contribution in [1.29, 1.82) is 0 Å². The van der Waals surface area contributed by atoms with Crippen molar-refractivity contribution in [2.45, 2.75) is 117 Å². The van der Waals surface area contributed by atoms with Crippen LogP contribution in [0.3, 0.4) is 0 Å². The Morgan fingerprint density at radius 3 is 1.09 bits per heavy atom. The van der Waals surface area contributed by atoms with Crippen LogP contribution in [0.25, 0.3) is 0 Å². The molecule has 0 spiro atoms. The Hall–Kier alpha value is -1.21. The average molecular weight is 472 g/mol. The van der Waals surface area contributed by atoms with Gasteiger partial charge in [0, 0.05) is 0 Å². The molecular formula is C30H48O2P+. The summed E-state index contributed by atoms with van der Waals surface area (Å²) in [6.45, 7) is 4.51. The molecule has 3 heteroatoms. The first-order valence-corrected chi connectivity index (χ1v) is 15.3. The van der Waals surface area contributed by atoms with Crippen LogP contribution in [-0.2, 0) is 12.8 Å². The smallest absolute Gasteiger partial charge is 0.210 e. The summed E-state index contributed by atoms with van der Waals surface area (Å²) in [6, 6.07) is 15.9. The second kappa shape index (κ2) is 16.4. The monoisotopic (exact) mass is 471 g/mol. The Morgan fingerprint density at radius 1 is 0.455 bits per heavy atom. The third-order valence-corrected chi connectivity index (χ3v) is 8.77. The fourth-order valence-corrected chi connectivity index (χ4v) is 5.89. The van der Waals surface area contributed by atoms with Crippen molar-refractivity contribution in [1.82, 2.24) is 0 Å². The van der Waals surface area contributed by atoms with Gasteiger partial charge in [0.05, 0.1) is 0 Å². The van der Waals surface area contributed by atoms with Crippen LogP contribution in [0, 0.1) is 0 Å². The highest BCUT2D eigenvalue weighted by Gasteiger charge is 2.39. The zero-order valence-electron chi connectivity index (χ0n) is 21.3. The minimum Gasteiger partial charge on any atom is -0.210 e. The fraction of sp³-hybridized carbons (Fsp3) is 0.600. The Balaban J connectivity index is 1.76. The summed E-state index contributed by atoms with van der Waals surface area (Å²) in [5.41, 5.74) is 2.58. The third-order valence-electron chi connectivity index (χ3n) is 6.73. The Kier molecular flexibility index (Phi) is 13.9. The Bertz CT molecular complexity index is 673. The van der Waals surface area contributed by atoms with Crippen LogP contribution in [0.5, 0.6) is 0 Å². The van der Waals surface area contributed by atoms with Gasteiger partial charge in [-0.2, -0.15) is 0 Å². The van der Waals surface area contributed by atoms with E-state index in [1.807, 2.05) is 24.3 Å². The molecule has 0 radical (unpaired) electrons. The second-order valence-electron chi connectivity index (χ2n) is 9.68. The van der Waals surface area contributed by atoms with E-state index in [9.17, 15) is 9.79 Å². The van der Waals surface area contributed by atoms with Gasteiger partial charge >= 0.3 is 7.72 Å². The maximum absolute atomic E-state index is 10.9. The van der Waals surface area contributed by atoms with Gasteiger partial charge in [0.2, 0.25) is 0 Å². The molecule has 0 heterocycles. The molecule has 0 fully saturated rings. The summed E-state index contributed by atoms with van der Waals surface area (Å²) in [4.78, 5) is 21.9. The summed E-state index contributed by atoms with van der Waals surface area (Å²) >= 11 is 0. The highest BCUT2D eigenvalue weighted by molar-refractivity contribution is 7.79. The highest BCUT2D eigenvalue weighted by atomic mass is 31.2. The molecule has 0 aliphatic heterocycles. The van der Waals surface area contributed by atoms with Gasteiger partial charge in [-0.1, -0.05) is 115 Å². The molecule has 0 aliphatic carbocycles. The van der Waals surface area contributed by atoms with E-state index in [4.69, 9.17) is 0 Å². The van der Waals surface area contributed by atoms with Gasteiger partial charge in [-0.15, -0.1) is 0 Å². The van der Waals surface area contributed by atoms with E-state index in [1.54, 1.807) is 0 Å². The van der Waals surface area contributed by atoms with Gasteiger partial charge in [-0.05, 0) is 61.1 Å². The SMILES string of the molecule is CCCCCCCCCc1ccc([P+](O)(O)c2ccc(CCCCCCCCC)cc2)cc1. The molecule has 2 nitrogen and oxygen atoms in total. The molecule has 0 unspecified atom stereocenters. The van der Waals surface area contributed by atoms with Crippen LogP contribution in [0.4, 0.5) is 0 Å². The van der Waals surface area contributed by atoms with Crippen LogP contribution in [-0.4, -0.2) is 9.79 Å². The summed E-state index contributed by atoms with van der Waals surface area (Å²) in [6.07, 6.45) is 20.6. The van der Waals surface area contributed by atoms with Crippen molar-refractivity contribution in [3.8, 4) is 0 Å². The van der Waals surface area contributed by atoms with E-state index >= 15 is 0 Å². The number of hydrogen-bond acceptors (Lipinski definition) is 2. The van der Waals surface area contributed by atoms with E-state index in [-0.39, 0.29) is 0 Å². The third kappa shape index (κ3) is 10.7. The predicted octanol–water partition coefficient (Wildman–Crippen LogP) is 8.06. The molecule has 2 aromatic carbocycles. The molecule has 33 heavy (non-hydrogen) atoms. The molecule has 0 aromatic heterocycles. The van der Waals surface area contributed by atoms with Crippen LogP contribution >= 0.6 is 7.72 Å². The topological polar surface area (TPSA) is 40.5 Å². The maximum Gasteiger partial charge on any atom is 0.333 e. The number of aryl methyl sites for hydroxylation is 2. The molecule has 0 aliphatic rings. The lowest BCUT2D eigenvalue weighted by Gasteiger charge is -2.13. The van der Waals surface area contributed by atoms with Crippen molar-refractivity contribution >= 4 is 18.3 Å². The Morgan fingerprint density at radius 2 is 0.758 bits per heavy atom. The number of hydrogen-bond donors (Lipinski definition) is 2. The van der Waals surface area contributed by atoms with Crippen LogP contribution in [0.1, 0.15) is 115 Å². The molecule has 0 amide bonds. The van der Waals surface area contributed by atoms with Crippen molar-refractivity contribution in [3.63, 3.8) is 0 Å². The summed E-state index contributed by atoms with van der Waals surface area (Å²) in [7, 11) is -3.28. The Labute approximate surface area is 204 Å². The second-order valence-corrected chi connectivity index (χ2v) is 11.9. The summed E-state index contributed by atoms with van der Waals surface area (Å²) in [5, 5.41) is 1.29. The zero-order valence-corrected chi connectivity index (χ0v) is 22.2. The van der Waals surface area contributed by atoms with Crippen molar-refractivity contribution in [3.05, 3.63) is 59.7 Å². The molecule has 0 atom stereocenters. The molecule has 2 N–H and O–H groups in total. The van der Waals surface area contributed by atoms with E-state index in [2.05, 4.69) is 38.1 Å². The van der Waals surface area contributed by atoms with Crippen molar-refractivity contribution < 1.29 is 9.79 Å². The van der Waals surface area contributed by atoms with Gasteiger partial charge in [0.25, 0.3) is 0 Å². The highest BCUT2D eigenvalue weighted by Crippen LogP contribution is 2.47. The first kappa shape index (κ1) is 28.0. The van der Waals surface area contributed by atoms with E-state index in [0.717, 1.165) is 12.8 Å².